The van der Waals surface area contributed by atoms with Gasteiger partial charge in [-0.2, -0.15) is 0 Å². The number of hydrogen-bond donors (Lipinski definition) is 1. The maximum absolute atomic E-state index is 10.7. The lowest BCUT2D eigenvalue weighted by atomic mass is 10.2. The predicted octanol–water partition coefficient (Wildman–Crippen LogP) is 2.81. The second kappa shape index (κ2) is 6.12. The van der Waals surface area contributed by atoms with E-state index in [4.69, 9.17) is 4.74 Å². The number of aromatic nitrogens is 1. The van der Waals surface area contributed by atoms with Gasteiger partial charge in [0.2, 0.25) is 5.88 Å². The summed E-state index contributed by atoms with van der Waals surface area (Å²) < 4.78 is 5.70. The lowest BCUT2D eigenvalue weighted by molar-refractivity contribution is -0.385. The highest BCUT2D eigenvalue weighted by Crippen LogP contribution is 2.26. The Bertz CT molecular complexity index is 629. The minimum atomic E-state index is -0.457. The number of para-hydroxylation sites is 1. The van der Waals surface area contributed by atoms with E-state index < -0.39 is 4.92 Å². The molecule has 0 aliphatic rings. The van der Waals surface area contributed by atoms with Crippen molar-refractivity contribution in [1.82, 2.24) is 10.3 Å². The van der Waals surface area contributed by atoms with Crippen LogP contribution in [0.2, 0.25) is 0 Å². The molecule has 0 radical (unpaired) electrons. The molecular weight excluding hydrogens is 258 g/mol. The Balaban J connectivity index is 2.26. The molecular formula is C14H15N3O3. The number of rotatable bonds is 5. The second-order valence-electron chi connectivity index (χ2n) is 4.31. The van der Waals surface area contributed by atoms with Gasteiger partial charge in [-0.3, -0.25) is 10.1 Å². The summed E-state index contributed by atoms with van der Waals surface area (Å²) in [7, 11) is 1.85. The molecule has 1 aromatic heterocycles. The first-order valence-electron chi connectivity index (χ1n) is 6.13. The fourth-order valence-corrected chi connectivity index (χ4v) is 1.82. The molecule has 104 valence electrons. The van der Waals surface area contributed by atoms with Crippen molar-refractivity contribution in [3.8, 4) is 11.6 Å². The number of hydrogen-bond acceptors (Lipinski definition) is 5. The third-order valence-electron chi connectivity index (χ3n) is 2.81. The Hall–Kier alpha value is -2.47. The molecule has 1 heterocycles. The fourth-order valence-electron chi connectivity index (χ4n) is 1.82. The topological polar surface area (TPSA) is 77.3 Å². The van der Waals surface area contributed by atoms with Gasteiger partial charge in [-0.1, -0.05) is 18.2 Å². The number of benzene rings is 1. The largest absolute Gasteiger partial charge is 0.439 e. The molecule has 0 spiro atoms. The van der Waals surface area contributed by atoms with Gasteiger partial charge in [0, 0.05) is 23.7 Å². The van der Waals surface area contributed by atoms with E-state index >= 15 is 0 Å². The maximum atomic E-state index is 10.7. The first-order valence-corrected chi connectivity index (χ1v) is 6.13. The smallest absolute Gasteiger partial charge is 0.290 e. The van der Waals surface area contributed by atoms with Crippen molar-refractivity contribution in [2.24, 2.45) is 0 Å². The number of pyridine rings is 1. The molecule has 0 saturated carbocycles. The Kier molecular flexibility index (Phi) is 4.27. The normalized spacial score (nSPS) is 10.3. The van der Waals surface area contributed by atoms with Gasteiger partial charge in [0.15, 0.2) is 0 Å². The van der Waals surface area contributed by atoms with E-state index in [9.17, 15) is 10.1 Å². The van der Waals surface area contributed by atoms with Crippen molar-refractivity contribution in [2.75, 3.05) is 7.05 Å². The van der Waals surface area contributed by atoms with Crippen LogP contribution in [0.3, 0.4) is 0 Å². The van der Waals surface area contributed by atoms with Gasteiger partial charge in [-0.15, -0.1) is 0 Å². The number of nitrogens with one attached hydrogen (secondary N) is 1. The summed E-state index contributed by atoms with van der Waals surface area (Å²) in [5.74, 6) is 1.03. The van der Waals surface area contributed by atoms with Crippen molar-refractivity contribution >= 4 is 5.69 Å². The van der Waals surface area contributed by atoms with Crippen molar-refractivity contribution < 1.29 is 9.66 Å². The highest BCUT2D eigenvalue weighted by Gasteiger charge is 2.13. The molecule has 0 atom stereocenters. The van der Waals surface area contributed by atoms with Crippen molar-refractivity contribution in [2.45, 2.75) is 13.5 Å². The van der Waals surface area contributed by atoms with Crippen LogP contribution >= 0.6 is 0 Å². The van der Waals surface area contributed by atoms with Gasteiger partial charge in [0.25, 0.3) is 5.69 Å². The van der Waals surface area contributed by atoms with Gasteiger partial charge in [-0.05, 0) is 20.0 Å². The van der Waals surface area contributed by atoms with Crippen LogP contribution in [0.1, 0.15) is 11.1 Å². The minimum absolute atomic E-state index is 0.0131. The number of ether oxygens (including phenoxy) is 1. The monoisotopic (exact) mass is 273 g/mol. The average molecular weight is 273 g/mol. The first-order chi connectivity index (χ1) is 9.61. The van der Waals surface area contributed by atoms with E-state index in [1.165, 1.54) is 6.20 Å². The van der Waals surface area contributed by atoms with Gasteiger partial charge in [0.1, 0.15) is 11.9 Å². The average Bonchev–Trinajstić information content (AvgIpc) is 2.41. The van der Waals surface area contributed by atoms with Crippen LogP contribution in [0.25, 0.3) is 0 Å². The molecule has 2 aromatic rings. The lowest BCUT2D eigenvalue weighted by Crippen LogP contribution is -2.06. The summed E-state index contributed by atoms with van der Waals surface area (Å²) in [5, 5.41) is 13.8. The zero-order valence-corrected chi connectivity index (χ0v) is 11.3. The Labute approximate surface area is 116 Å². The molecule has 1 N–H and O–H groups in total. The van der Waals surface area contributed by atoms with Crippen molar-refractivity contribution in [1.29, 1.82) is 0 Å². The summed E-state index contributed by atoms with van der Waals surface area (Å²) in [5.41, 5.74) is 1.50. The number of nitrogens with zero attached hydrogens (tertiary/aromatic N) is 2. The van der Waals surface area contributed by atoms with E-state index in [0.29, 0.717) is 23.7 Å². The lowest BCUT2D eigenvalue weighted by Gasteiger charge is -2.10. The maximum Gasteiger partial charge on any atom is 0.290 e. The quantitative estimate of drug-likeness (QED) is 0.669. The zero-order chi connectivity index (χ0) is 14.5. The van der Waals surface area contributed by atoms with Gasteiger partial charge in [-0.25, -0.2) is 4.98 Å². The van der Waals surface area contributed by atoms with Crippen LogP contribution in [0.5, 0.6) is 11.6 Å². The third-order valence-corrected chi connectivity index (χ3v) is 2.81. The fraction of sp³-hybridized carbons (Fsp3) is 0.214. The SMILES string of the molecule is CNCc1ccccc1Oc1cc(C)c([N+](=O)[O-])cn1. The van der Waals surface area contributed by atoms with Crippen LogP contribution in [0.4, 0.5) is 5.69 Å². The zero-order valence-electron chi connectivity index (χ0n) is 11.3. The highest BCUT2D eigenvalue weighted by atomic mass is 16.6. The van der Waals surface area contributed by atoms with Gasteiger partial charge >= 0.3 is 0 Å². The third kappa shape index (κ3) is 3.10. The first kappa shape index (κ1) is 14.0. The second-order valence-corrected chi connectivity index (χ2v) is 4.31. The summed E-state index contributed by atoms with van der Waals surface area (Å²) in [6.45, 7) is 2.33. The summed E-state index contributed by atoms with van der Waals surface area (Å²) >= 11 is 0. The molecule has 6 heteroatoms. The highest BCUT2D eigenvalue weighted by molar-refractivity contribution is 5.42. The van der Waals surface area contributed by atoms with E-state index in [1.54, 1.807) is 13.0 Å². The van der Waals surface area contributed by atoms with E-state index in [2.05, 4.69) is 10.3 Å². The predicted molar refractivity (Wildman–Crippen MR) is 74.9 cm³/mol. The van der Waals surface area contributed by atoms with Gasteiger partial charge < -0.3 is 10.1 Å². The number of aryl methyl sites for hydroxylation is 1. The molecule has 2 rings (SSSR count). The molecule has 6 nitrogen and oxygen atoms in total. The Morgan fingerprint density at radius 1 is 1.40 bits per heavy atom. The van der Waals surface area contributed by atoms with Crippen LogP contribution in [-0.4, -0.2) is 17.0 Å². The standard InChI is InChI=1S/C14H15N3O3/c1-10-7-14(16-9-12(10)17(18)19)20-13-6-4-3-5-11(13)8-15-2/h3-7,9,15H,8H2,1-2H3. The molecule has 0 aliphatic carbocycles. The van der Waals surface area contributed by atoms with Gasteiger partial charge in [0.05, 0.1) is 4.92 Å². The molecule has 0 aliphatic heterocycles. The summed E-state index contributed by atoms with van der Waals surface area (Å²) in [6, 6.07) is 9.14. The molecule has 0 amide bonds. The Morgan fingerprint density at radius 3 is 2.80 bits per heavy atom. The summed E-state index contributed by atoms with van der Waals surface area (Å²) in [6.07, 6.45) is 1.21. The van der Waals surface area contributed by atoms with E-state index in [-0.39, 0.29) is 5.69 Å². The van der Waals surface area contributed by atoms with E-state index in [1.807, 2.05) is 31.3 Å². The molecule has 1 aromatic carbocycles. The number of nitro groups is 1. The van der Waals surface area contributed by atoms with Crippen molar-refractivity contribution in [3.63, 3.8) is 0 Å². The van der Waals surface area contributed by atoms with Crippen LogP contribution in [-0.2, 0) is 6.54 Å². The van der Waals surface area contributed by atoms with Crippen LogP contribution in [0.15, 0.2) is 36.5 Å². The molecule has 20 heavy (non-hydrogen) atoms. The molecule has 0 fully saturated rings. The Morgan fingerprint density at radius 2 is 2.15 bits per heavy atom. The van der Waals surface area contributed by atoms with E-state index in [0.717, 1.165) is 5.56 Å². The van der Waals surface area contributed by atoms with Crippen molar-refractivity contribution in [3.05, 3.63) is 57.8 Å². The minimum Gasteiger partial charge on any atom is -0.439 e. The molecule has 0 saturated heterocycles. The molecule has 0 unspecified atom stereocenters. The van der Waals surface area contributed by atoms with Crippen LogP contribution < -0.4 is 10.1 Å². The molecule has 0 bridgehead atoms. The summed E-state index contributed by atoms with van der Waals surface area (Å²) in [4.78, 5) is 14.3. The van der Waals surface area contributed by atoms with Crippen LogP contribution in [0, 0.1) is 17.0 Å².